The first kappa shape index (κ1) is 18.9. The fraction of sp³-hybridized carbons (Fsp3) is 0.0769. The molecule has 31 heavy (non-hydrogen) atoms. The van der Waals surface area contributed by atoms with Gasteiger partial charge in [0.2, 0.25) is 0 Å². The van der Waals surface area contributed by atoms with Gasteiger partial charge in [-0.1, -0.05) is 60.7 Å². The average molecular weight is 404 g/mol. The number of benzene rings is 3. The number of nitrogens with zero attached hydrogens (tertiary/aromatic N) is 3. The van der Waals surface area contributed by atoms with Crippen molar-refractivity contribution in [1.29, 1.82) is 0 Å². The zero-order valence-electron chi connectivity index (χ0n) is 17.0. The Balaban J connectivity index is 1.69. The Morgan fingerprint density at radius 2 is 1.61 bits per heavy atom. The van der Waals surface area contributed by atoms with E-state index >= 15 is 0 Å². The van der Waals surface area contributed by atoms with E-state index in [2.05, 4.69) is 22.4 Å². The summed E-state index contributed by atoms with van der Waals surface area (Å²) in [5, 5.41) is 5.21. The van der Waals surface area contributed by atoms with Crippen molar-refractivity contribution in [3.63, 3.8) is 0 Å². The van der Waals surface area contributed by atoms with Crippen LogP contribution >= 0.6 is 0 Å². The van der Waals surface area contributed by atoms with Crippen molar-refractivity contribution in [3.8, 4) is 0 Å². The average Bonchev–Trinajstić information content (AvgIpc) is 2.80. The molecule has 0 saturated heterocycles. The highest BCUT2D eigenvalue weighted by Gasteiger charge is 2.14. The molecule has 0 aliphatic heterocycles. The third-order valence-corrected chi connectivity index (χ3v) is 5.23. The van der Waals surface area contributed by atoms with Crippen molar-refractivity contribution in [3.05, 3.63) is 102 Å². The monoisotopic (exact) mass is 404 g/mol. The van der Waals surface area contributed by atoms with Crippen LogP contribution in [-0.4, -0.2) is 20.7 Å². The number of Topliss-reactive ketones (excluding diaryl/α,β-unsaturated/α-hetero) is 1. The molecule has 0 saturated carbocycles. The summed E-state index contributed by atoms with van der Waals surface area (Å²) in [7, 11) is 0. The summed E-state index contributed by atoms with van der Waals surface area (Å²) in [5.41, 5.74) is 4.19. The topological polar surface area (TPSA) is 67.8 Å². The number of carbonyl (C=O) groups excluding carboxylic acids is 1. The number of hydrogen-bond acceptors (Lipinski definition) is 5. The molecule has 0 atom stereocenters. The van der Waals surface area contributed by atoms with Crippen LogP contribution in [0.4, 0.5) is 11.5 Å². The quantitative estimate of drug-likeness (QED) is 0.300. The van der Waals surface area contributed by atoms with Crippen LogP contribution in [0.5, 0.6) is 0 Å². The van der Waals surface area contributed by atoms with E-state index < -0.39 is 0 Å². The predicted octanol–water partition coefficient (Wildman–Crippen LogP) is 5.72. The molecule has 0 bridgehead atoms. The molecule has 150 valence electrons. The maximum atomic E-state index is 11.9. The van der Waals surface area contributed by atoms with E-state index in [1.807, 2.05) is 72.9 Å². The number of para-hydroxylation sites is 1. The number of hydrogen-bond donors (Lipinski definition) is 1. The number of pyridine rings is 1. The Morgan fingerprint density at radius 1 is 0.871 bits per heavy atom. The molecule has 0 unspecified atom stereocenters. The Kier molecular flexibility index (Phi) is 4.84. The third-order valence-electron chi connectivity index (χ3n) is 5.23. The van der Waals surface area contributed by atoms with Crippen LogP contribution in [0.15, 0.2) is 85.1 Å². The van der Waals surface area contributed by atoms with Crippen LogP contribution in [-0.2, 0) is 6.42 Å². The first-order valence-corrected chi connectivity index (χ1v) is 10.1. The second-order valence-corrected chi connectivity index (χ2v) is 7.45. The highest BCUT2D eigenvalue weighted by atomic mass is 16.1. The molecule has 2 aromatic heterocycles. The van der Waals surface area contributed by atoms with Gasteiger partial charge in [-0.05, 0) is 30.7 Å². The first-order valence-electron chi connectivity index (χ1n) is 10.1. The second-order valence-electron chi connectivity index (χ2n) is 7.45. The van der Waals surface area contributed by atoms with Gasteiger partial charge in [-0.2, -0.15) is 0 Å². The van der Waals surface area contributed by atoms with Crippen LogP contribution in [0, 0.1) is 0 Å². The molecule has 0 spiro atoms. The first-order chi connectivity index (χ1) is 15.2. The minimum atomic E-state index is 0.0100. The van der Waals surface area contributed by atoms with Crippen molar-refractivity contribution < 1.29 is 4.79 Å². The van der Waals surface area contributed by atoms with Crippen LogP contribution in [0.25, 0.3) is 21.8 Å². The SMILES string of the molecule is CC(=O)c1ccc2c(c1)nc(Nc1ccccc1)c1nc(Cc3ccccc3)ncc12. The van der Waals surface area contributed by atoms with Gasteiger partial charge in [-0.25, -0.2) is 15.0 Å². The Hall–Kier alpha value is -4.12. The molecular weight excluding hydrogens is 384 g/mol. The summed E-state index contributed by atoms with van der Waals surface area (Å²) >= 11 is 0. The summed E-state index contributed by atoms with van der Waals surface area (Å²) < 4.78 is 0. The third kappa shape index (κ3) is 3.85. The Bertz CT molecular complexity index is 1400. The molecular formula is C26H20N4O. The minimum Gasteiger partial charge on any atom is -0.338 e. The van der Waals surface area contributed by atoms with Gasteiger partial charge in [0.15, 0.2) is 11.6 Å². The van der Waals surface area contributed by atoms with Crippen LogP contribution < -0.4 is 5.32 Å². The number of nitrogens with one attached hydrogen (secondary N) is 1. The lowest BCUT2D eigenvalue weighted by Gasteiger charge is -2.12. The van der Waals surface area contributed by atoms with E-state index in [9.17, 15) is 4.79 Å². The second kappa shape index (κ2) is 7.95. The summed E-state index contributed by atoms with van der Waals surface area (Å²) in [4.78, 5) is 26.2. The largest absolute Gasteiger partial charge is 0.338 e. The van der Waals surface area contributed by atoms with Crippen molar-refractivity contribution in [2.45, 2.75) is 13.3 Å². The number of rotatable bonds is 5. The van der Waals surface area contributed by atoms with Gasteiger partial charge in [0.25, 0.3) is 0 Å². The normalized spacial score (nSPS) is 11.0. The molecule has 5 rings (SSSR count). The van der Waals surface area contributed by atoms with E-state index in [0.29, 0.717) is 17.8 Å². The highest BCUT2D eigenvalue weighted by Crippen LogP contribution is 2.30. The van der Waals surface area contributed by atoms with Crippen molar-refractivity contribution in [2.75, 3.05) is 5.32 Å². The van der Waals surface area contributed by atoms with E-state index in [0.717, 1.165) is 38.9 Å². The molecule has 0 aliphatic carbocycles. The van der Waals surface area contributed by atoms with E-state index in [4.69, 9.17) is 9.97 Å². The number of carbonyl (C=O) groups is 1. The summed E-state index contributed by atoms with van der Waals surface area (Å²) in [5.74, 6) is 1.39. The van der Waals surface area contributed by atoms with Gasteiger partial charge < -0.3 is 5.32 Å². The van der Waals surface area contributed by atoms with Gasteiger partial charge >= 0.3 is 0 Å². The molecule has 1 N–H and O–H groups in total. The van der Waals surface area contributed by atoms with Gasteiger partial charge in [0.05, 0.1) is 5.52 Å². The number of fused-ring (bicyclic) bond motifs is 3. The molecule has 5 aromatic rings. The Morgan fingerprint density at radius 3 is 2.35 bits per heavy atom. The standard InChI is InChI=1S/C26H20N4O/c1-17(31)19-12-13-21-22-16-27-24(14-18-8-4-2-5-9-18)30-25(22)26(29-23(21)15-19)28-20-10-6-3-7-11-20/h2-13,15-16H,14H2,1H3,(H,28,29). The van der Waals surface area contributed by atoms with Crippen molar-refractivity contribution >= 4 is 39.1 Å². The Labute approximate surface area is 179 Å². The van der Waals surface area contributed by atoms with Gasteiger partial charge in [-0.3, -0.25) is 4.79 Å². The minimum absolute atomic E-state index is 0.0100. The maximum Gasteiger partial charge on any atom is 0.159 e. The predicted molar refractivity (Wildman–Crippen MR) is 124 cm³/mol. The maximum absolute atomic E-state index is 11.9. The summed E-state index contributed by atoms with van der Waals surface area (Å²) in [6, 6.07) is 25.6. The van der Waals surface area contributed by atoms with Crippen LogP contribution in [0.3, 0.4) is 0 Å². The highest BCUT2D eigenvalue weighted by molar-refractivity contribution is 6.10. The molecule has 0 radical (unpaired) electrons. The molecule has 0 amide bonds. The lowest BCUT2D eigenvalue weighted by atomic mass is 10.1. The van der Waals surface area contributed by atoms with E-state index in [1.165, 1.54) is 0 Å². The summed E-state index contributed by atoms with van der Waals surface area (Å²) in [6.45, 7) is 1.56. The molecule has 0 fully saturated rings. The molecule has 5 heteroatoms. The fourth-order valence-corrected chi connectivity index (χ4v) is 3.65. The van der Waals surface area contributed by atoms with Crippen molar-refractivity contribution in [2.24, 2.45) is 0 Å². The molecule has 0 aliphatic rings. The smallest absolute Gasteiger partial charge is 0.159 e. The number of aromatic nitrogens is 3. The van der Waals surface area contributed by atoms with E-state index in [-0.39, 0.29) is 5.78 Å². The van der Waals surface area contributed by atoms with Gasteiger partial charge in [0.1, 0.15) is 11.3 Å². The molecule has 5 nitrogen and oxygen atoms in total. The zero-order chi connectivity index (χ0) is 21.2. The van der Waals surface area contributed by atoms with Gasteiger partial charge in [-0.15, -0.1) is 0 Å². The van der Waals surface area contributed by atoms with Crippen LogP contribution in [0.2, 0.25) is 0 Å². The summed E-state index contributed by atoms with van der Waals surface area (Å²) in [6.07, 6.45) is 2.50. The lowest BCUT2D eigenvalue weighted by Crippen LogP contribution is -2.02. The molecule has 2 heterocycles. The van der Waals surface area contributed by atoms with E-state index in [1.54, 1.807) is 6.92 Å². The zero-order valence-corrected chi connectivity index (χ0v) is 17.0. The fourth-order valence-electron chi connectivity index (χ4n) is 3.65. The van der Waals surface area contributed by atoms with Gasteiger partial charge in [0, 0.05) is 34.6 Å². The number of ketones is 1. The number of anilines is 2. The van der Waals surface area contributed by atoms with Crippen LogP contribution in [0.1, 0.15) is 28.7 Å². The molecule has 3 aromatic carbocycles. The van der Waals surface area contributed by atoms with Crippen molar-refractivity contribution in [1.82, 2.24) is 15.0 Å². The lowest BCUT2D eigenvalue weighted by molar-refractivity contribution is 0.101.